The van der Waals surface area contributed by atoms with E-state index in [0.29, 0.717) is 12.8 Å². The van der Waals surface area contributed by atoms with E-state index in [1.165, 1.54) is 18.2 Å². The van der Waals surface area contributed by atoms with E-state index in [1.54, 1.807) is 0 Å². The minimum atomic E-state index is -3.49. The first kappa shape index (κ1) is 13.2. The van der Waals surface area contributed by atoms with Crippen LogP contribution in [0.25, 0.3) is 0 Å². The molecule has 0 radical (unpaired) electrons. The fourth-order valence-electron chi connectivity index (χ4n) is 2.27. The van der Waals surface area contributed by atoms with Gasteiger partial charge in [-0.1, -0.05) is 6.07 Å². The van der Waals surface area contributed by atoms with Gasteiger partial charge in [-0.3, -0.25) is 4.79 Å². The predicted molar refractivity (Wildman–Crippen MR) is 65.4 cm³/mol. The first-order valence-corrected chi connectivity index (χ1v) is 7.65. The second-order valence-corrected chi connectivity index (χ2v) is 6.73. The summed E-state index contributed by atoms with van der Waals surface area (Å²) in [5.74, 6) is -0.627. The average Bonchev–Trinajstić information content (AvgIpc) is 2.72. The van der Waals surface area contributed by atoms with E-state index in [0.717, 1.165) is 18.9 Å². The largest absolute Gasteiger partial charge is 0.299 e. The lowest BCUT2D eigenvalue weighted by Crippen LogP contribution is -2.14. The number of carbonyl (C=O) groups excluding carboxylic acids is 1. The van der Waals surface area contributed by atoms with Gasteiger partial charge in [-0.15, -0.1) is 0 Å². The molecule has 0 N–H and O–H groups in total. The van der Waals surface area contributed by atoms with Crippen LogP contribution in [0.1, 0.15) is 25.7 Å². The Kier molecular flexibility index (Phi) is 3.80. The van der Waals surface area contributed by atoms with Gasteiger partial charge in [0.15, 0.2) is 9.84 Å². The van der Waals surface area contributed by atoms with Crippen LogP contribution in [0.5, 0.6) is 0 Å². The number of ketones is 1. The molecule has 0 saturated heterocycles. The van der Waals surface area contributed by atoms with E-state index in [9.17, 15) is 17.6 Å². The number of Topliss-reactive ketones (excluding diaryl/α,β-unsaturated/α-hetero) is 1. The van der Waals surface area contributed by atoms with Crippen molar-refractivity contribution >= 4 is 15.6 Å². The predicted octanol–water partition coefficient (Wildman–Crippen LogP) is 2.36. The molecule has 1 aromatic rings. The molecule has 98 valence electrons. The third-order valence-corrected chi connectivity index (χ3v) is 5.07. The van der Waals surface area contributed by atoms with Gasteiger partial charge in [0.1, 0.15) is 11.6 Å². The van der Waals surface area contributed by atoms with Crippen LogP contribution in [-0.4, -0.2) is 20.0 Å². The molecule has 1 atom stereocenters. The normalized spacial score (nSPS) is 20.3. The Morgan fingerprint density at radius 2 is 2.11 bits per heavy atom. The van der Waals surface area contributed by atoms with Crippen molar-refractivity contribution in [2.24, 2.45) is 5.92 Å². The maximum Gasteiger partial charge on any atom is 0.178 e. The van der Waals surface area contributed by atoms with Crippen molar-refractivity contribution in [3.8, 4) is 0 Å². The van der Waals surface area contributed by atoms with Gasteiger partial charge in [-0.25, -0.2) is 12.8 Å². The van der Waals surface area contributed by atoms with E-state index in [4.69, 9.17) is 0 Å². The van der Waals surface area contributed by atoms with Gasteiger partial charge >= 0.3 is 0 Å². The van der Waals surface area contributed by atoms with Crippen LogP contribution in [0.2, 0.25) is 0 Å². The third-order valence-electron chi connectivity index (χ3n) is 3.32. The molecule has 0 heterocycles. The second kappa shape index (κ2) is 5.18. The fraction of sp³-hybridized carbons (Fsp3) is 0.462. The van der Waals surface area contributed by atoms with Crippen LogP contribution in [-0.2, 0) is 14.6 Å². The highest BCUT2D eigenvalue weighted by atomic mass is 32.2. The Bertz CT molecular complexity index is 551. The Labute approximate surface area is 106 Å². The van der Waals surface area contributed by atoms with Crippen molar-refractivity contribution in [3.63, 3.8) is 0 Å². The minimum absolute atomic E-state index is 0.00653. The van der Waals surface area contributed by atoms with Crippen molar-refractivity contribution < 1.29 is 17.6 Å². The molecule has 0 aliphatic heterocycles. The van der Waals surface area contributed by atoms with Crippen molar-refractivity contribution in [1.29, 1.82) is 0 Å². The van der Waals surface area contributed by atoms with Crippen molar-refractivity contribution in [2.45, 2.75) is 30.6 Å². The number of halogens is 1. The Morgan fingerprint density at radius 1 is 1.33 bits per heavy atom. The van der Waals surface area contributed by atoms with Crippen LogP contribution in [0, 0.1) is 11.7 Å². The molecule has 1 fully saturated rings. The van der Waals surface area contributed by atoms with E-state index < -0.39 is 15.7 Å². The van der Waals surface area contributed by atoms with Gasteiger partial charge in [-0.05, 0) is 37.5 Å². The lowest BCUT2D eigenvalue weighted by Gasteiger charge is -2.08. The molecule has 1 saturated carbocycles. The summed E-state index contributed by atoms with van der Waals surface area (Å²) in [6, 6.07) is 4.99. The van der Waals surface area contributed by atoms with Crippen LogP contribution < -0.4 is 0 Å². The van der Waals surface area contributed by atoms with E-state index in [2.05, 4.69) is 0 Å². The number of benzene rings is 1. The molecule has 0 aromatic heterocycles. The topological polar surface area (TPSA) is 51.2 Å². The molecule has 0 spiro atoms. The Hall–Kier alpha value is -1.23. The smallest absolute Gasteiger partial charge is 0.178 e. The zero-order valence-corrected chi connectivity index (χ0v) is 10.7. The summed E-state index contributed by atoms with van der Waals surface area (Å²) in [6.45, 7) is 0. The SMILES string of the molecule is O=C1CCCC1CCS(=O)(=O)c1cccc(F)c1. The van der Waals surface area contributed by atoms with Crippen LogP contribution in [0.15, 0.2) is 29.2 Å². The molecule has 0 amide bonds. The zero-order valence-electron chi connectivity index (χ0n) is 9.93. The van der Waals surface area contributed by atoms with Crippen molar-refractivity contribution in [1.82, 2.24) is 0 Å². The zero-order chi connectivity index (χ0) is 13.2. The number of sulfone groups is 1. The molecule has 0 bridgehead atoms. The summed E-state index contributed by atoms with van der Waals surface area (Å²) in [4.78, 5) is 11.4. The fourth-order valence-corrected chi connectivity index (χ4v) is 3.68. The number of carbonyl (C=O) groups is 1. The summed E-state index contributed by atoms with van der Waals surface area (Å²) >= 11 is 0. The molecular formula is C13H15FO3S. The van der Waals surface area contributed by atoms with Crippen LogP contribution >= 0.6 is 0 Å². The maximum atomic E-state index is 13.0. The van der Waals surface area contributed by atoms with E-state index in [-0.39, 0.29) is 22.3 Å². The Morgan fingerprint density at radius 3 is 2.72 bits per heavy atom. The standard InChI is InChI=1S/C13H15FO3S/c14-11-4-2-5-12(9-11)18(16,17)8-7-10-3-1-6-13(10)15/h2,4-5,9-10H,1,3,6-8H2. The van der Waals surface area contributed by atoms with E-state index in [1.807, 2.05) is 0 Å². The highest BCUT2D eigenvalue weighted by Crippen LogP contribution is 2.26. The molecule has 3 nitrogen and oxygen atoms in total. The van der Waals surface area contributed by atoms with Gasteiger partial charge in [0.25, 0.3) is 0 Å². The molecule has 2 rings (SSSR count). The van der Waals surface area contributed by atoms with Crippen molar-refractivity contribution in [2.75, 3.05) is 5.75 Å². The lowest BCUT2D eigenvalue weighted by molar-refractivity contribution is -0.120. The third kappa shape index (κ3) is 2.96. The molecule has 5 heteroatoms. The highest BCUT2D eigenvalue weighted by molar-refractivity contribution is 7.91. The van der Waals surface area contributed by atoms with Crippen LogP contribution in [0.3, 0.4) is 0 Å². The Balaban J connectivity index is 2.06. The quantitative estimate of drug-likeness (QED) is 0.844. The van der Waals surface area contributed by atoms with E-state index >= 15 is 0 Å². The second-order valence-electron chi connectivity index (χ2n) is 4.62. The van der Waals surface area contributed by atoms with Gasteiger partial charge in [0.2, 0.25) is 0 Å². The molecule has 1 aromatic carbocycles. The summed E-state index contributed by atoms with van der Waals surface area (Å²) < 4.78 is 36.9. The number of hydrogen-bond donors (Lipinski definition) is 0. The monoisotopic (exact) mass is 270 g/mol. The van der Waals surface area contributed by atoms with Gasteiger partial charge in [0.05, 0.1) is 10.6 Å². The summed E-state index contributed by atoms with van der Waals surface area (Å²) in [7, 11) is -3.49. The molecule has 1 unspecified atom stereocenters. The van der Waals surface area contributed by atoms with Gasteiger partial charge < -0.3 is 0 Å². The average molecular weight is 270 g/mol. The highest BCUT2D eigenvalue weighted by Gasteiger charge is 2.26. The van der Waals surface area contributed by atoms with Gasteiger partial charge in [-0.2, -0.15) is 0 Å². The maximum absolute atomic E-state index is 13.0. The van der Waals surface area contributed by atoms with Gasteiger partial charge in [0, 0.05) is 12.3 Å². The summed E-state index contributed by atoms with van der Waals surface area (Å²) in [6.07, 6.45) is 2.53. The first-order valence-electron chi connectivity index (χ1n) is 6.00. The first-order chi connectivity index (χ1) is 8.49. The number of hydrogen-bond acceptors (Lipinski definition) is 3. The van der Waals surface area contributed by atoms with Crippen LogP contribution in [0.4, 0.5) is 4.39 Å². The molecular weight excluding hydrogens is 255 g/mol. The molecule has 1 aliphatic rings. The molecule has 18 heavy (non-hydrogen) atoms. The lowest BCUT2D eigenvalue weighted by atomic mass is 10.1. The van der Waals surface area contributed by atoms with Crippen molar-refractivity contribution in [3.05, 3.63) is 30.1 Å². The minimum Gasteiger partial charge on any atom is -0.299 e. The summed E-state index contributed by atoms with van der Waals surface area (Å²) in [5, 5.41) is 0. The molecule has 1 aliphatic carbocycles. The summed E-state index contributed by atoms with van der Waals surface area (Å²) in [5.41, 5.74) is 0. The number of rotatable bonds is 4.